The van der Waals surface area contributed by atoms with Gasteiger partial charge in [0.15, 0.2) is 0 Å². The molecule has 7 heteroatoms. The molecule has 0 aliphatic carbocycles. The number of methoxy groups -OCH3 is 1. The summed E-state index contributed by atoms with van der Waals surface area (Å²) in [7, 11) is 1.53. The lowest BCUT2D eigenvalue weighted by atomic mass is 10.3. The number of anilines is 2. The second-order valence-corrected chi connectivity index (χ2v) is 4.59. The third-order valence-corrected chi connectivity index (χ3v) is 2.93. The molecule has 0 aliphatic heterocycles. The quantitative estimate of drug-likeness (QED) is 0.642. The van der Waals surface area contributed by atoms with Gasteiger partial charge in [0.25, 0.3) is 0 Å². The molecular weight excluding hydrogens is 312 g/mol. The summed E-state index contributed by atoms with van der Waals surface area (Å²) in [5.74, 6) is 0.884. The van der Waals surface area contributed by atoms with E-state index < -0.39 is 12.2 Å². The number of carbonyl (C=O) groups excluding carboxylic acids is 2. The Morgan fingerprint density at radius 3 is 2.38 bits per heavy atom. The Kier molecular flexibility index (Phi) is 6.01. The Hall–Kier alpha value is -3.22. The predicted octanol–water partition coefficient (Wildman–Crippen LogP) is 3.87. The van der Waals surface area contributed by atoms with Crippen LogP contribution in [0.4, 0.5) is 21.0 Å². The van der Waals surface area contributed by atoms with Gasteiger partial charge in [0.05, 0.1) is 19.4 Å². The zero-order chi connectivity index (χ0) is 17.4. The third-order valence-electron chi connectivity index (χ3n) is 2.93. The van der Waals surface area contributed by atoms with Crippen molar-refractivity contribution in [1.29, 1.82) is 0 Å². The van der Waals surface area contributed by atoms with Crippen LogP contribution in [0.2, 0.25) is 0 Å². The molecule has 2 amide bonds. The fraction of sp³-hybridized carbons (Fsp3) is 0.176. The average molecular weight is 330 g/mol. The zero-order valence-electron chi connectivity index (χ0n) is 13.4. The summed E-state index contributed by atoms with van der Waals surface area (Å²) in [6.07, 6.45) is -0.771. The molecule has 0 unspecified atom stereocenters. The summed E-state index contributed by atoms with van der Waals surface area (Å²) >= 11 is 0. The minimum atomic E-state index is -0.771. The number of benzene rings is 2. The van der Waals surface area contributed by atoms with Crippen LogP contribution in [0.1, 0.15) is 6.92 Å². The summed E-state index contributed by atoms with van der Waals surface area (Å²) in [5.41, 5.74) is 1.10. The summed E-state index contributed by atoms with van der Waals surface area (Å²) in [4.78, 5) is 23.2. The summed E-state index contributed by atoms with van der Waals surface area (Å²) in [5, 5.41) is 5.36. The second kappa shape index (κ2) is 8.42. The van der Waals surface area contributed by atoms with Crippen molar-refractivity contribution < 1.29 is 23.8 Å². The Morgan fingerprint density at radius 2 is 1.71 bits per heavy atom. The van der Waals surface area contributed by atoms with Crippen LogP contribution in [0.5, 0.6) is 11.5 Å². The molecule has 0 atom stereocenters. The maximum Gasteiger partial charge on any atom is 0.513 e. The summed E-state index contributed by atoms with van der Waals surface area (Å²) in [6, 6.07) is 13.0. The Labute approximate surface area is 139 Å². The van der Waals surface area contributed by atoms with Crippen LogP contribution in [0.3, 0.4) is 0 Å². The monoisotopic (exact) mass is 330 g/mol. The smallest absolute Gasteiger partial charge is 0.495 e. The molecule has 7 nitrogen and oxygen atoms in total. The molecular formula is C17H18N2O5. The highest BCUT2D eigenvalue weighted by atomic mass is 16.7. The van der Waals surface area contributed by atoms with E-state index in [0.29, 0.717) is 22.9 Å². The van der Waals surface area contributed by atoms with E-state index in [4.69, 9.17) is 9.47 Å². The van der Waals surface area contributed by atoms with Crippen molar-refractivity contribution in [1.82, 2.24) is 0 Å². The van der Waals surface area contributed by atoms with Gasteiger partial charge in [-0.3, -0.25) is 0 Å². The number of para-hydroxylation sites is 2. The normalized spacial score (nSPS) is 9.75. The first-order chi connectivity index (χ1) is 11.6. The van der Waals surface area contributed by atoms with E-state index in [9.17, 15) is 9.59 Å². The van der Waals surface area contributed by atoms with Gasteiger partial charge in [-0.25, -0.2) is 9.59 Å². The fourth-order valence-corrected chi connectivity index (χ4v) is 1.88. The lowest BCUT2D eigenvalue weighted by molar-refractivity contribution is 0.104. The Bertz CT molecular complexity index is 700. The molecule has 0 heterocycles. The zero-order valence-corrected chi connectivity index (χ0v) is 13.4. The van der Waals surface area contributed by atoms with Crippen LogP contribution >= 0.6 is 0 Å². The highest BCUT2D eigenvalue weighted by molar-refractivity contribution is 6.00. The molecule has 0 aromatic heterocycles. The number of hydrogen-bond donors (Lipinski definition) is 2. The molecule has 0 fully saturated rings. The standard InChI is InChI=1S/C17H18N2O5/c1-3-23-17(21)24-13-10-8-12(9-11-13)18-16(20)19-14-6-4-5-7-15(14)22-2/h4-11H,3H2,1-2H3,(H2,18,19,20). The molecule has 126 valence electrons. The molecule has 2 aromatic carbocycles. The number of nitrogens with one attached hydrogen (secondary N) is 2. The van der Waals surface area contributed by atoms with Crippen molar-refractivity contribution in [2.45, 2.75) is 6.92 Å². The molecule has 0 spiro atoms. The van der Waals surface area contributed by atoms with E-state index in [1.54, 1.807) is 49.4 Å². The first-order valence-electron chi connectivity index (χ1n) is 7.28. The van der Waals surface area contributed by atoms with Gasteiger partial charge in [-0.05, 0) is 43.3 Å². The van der Waals surface area contributed by atoms with E-state index in [0.717, 1.165) is 0 Å². The maximum atomic E-state index is 12.0. The van der Waals surface area contributed by atoms with Crippen LogP contribution < -0.4 is 20.1 Å². The Balaban J connectivity index is 1.93. The number of ether oxygens (including phenoxy) is 3. The SMILES string of the molecule is CCOC(=O)Oc1ccc(NC(=O)Nc2ccccc2OC)cc1. The topological polar surface area (TPSA) is 85.9 Å². The van der Waals surface area contributed by atoms with E-state index in [-0.39, 0.29) is 6.61 Å². The molecule has 2 rings (SSSR count). The van der Waals surface area contributed by atoms with Gasteiger partial charge in [-0.1, -0.05) is 12.1 Å². The molecule has 2 N–H and O–H groups in total. The first-order valence-corrected chi connectivity index (χ1v) is 7.28. The van der Waals surface area contributed by atoms with Gasteiger partial charge < -0.3 is 24.8 Å². The number of amides is 2. The van der Waals surface area contributed by atoms with E-state index >= 15 is 0 Å². The van der Waals surface area contributed by atoms with Gasteiger partial charge in [0.2, 0.25) is 0 Å². The first kappa shape index (κ1) is 17.1. The lowest BCUT2D eigenvalue weighted by Gasteiger charge is -2.11. The number of carbonyl (C=O) groups is 2. The van der Waals surface area contributed by atoms with Gasteiger partial charge in [-0.2, -0.15) is 0 Å². The molecule has 0 saturated carbocycles. The summed E-state index contributed by atoms with van der Waals surface area (Å²) < 4.78 is 14.8. The van der Waals surface area contributed by atoms with E-state index in [1.807, 2.05) is 6.07 Å². The average Bonchev–Trinajstić information content (AvgIpc) is 2.57. The minimum absolute atomic E-state index is 0.238. The third kappa shape index (κ3) is 4.91. The van der Waals surface area contributed by atoms with Gasteiger partial charge in [-0.15, -0.1) is 0 Å². The van der Waals surface area contributed by atoms with Crippen LogP contribution in [-0.4, -0.2) is 25.9 Å². The predicted molar refractivity (Wildman–Crippen MR) is 89.7 cm³/mol. The van der Waals surface area contributed by atoms with E-state index in [1.165, 1.54) is 7.11 Å². The van der Waals surface area contributed by atoms with Gasteiger partial charge in [0, 0.05) is 5.69 Å². The van der Waals surface area contributed by atoms with Crippen molar-refractivity contribution in [3.63, 3.8) is 0 Å². The van der Waals surface area contributed by atoms with Crippen molar-refractivity contribution in [3.05, 3.63) is 48.5 Å². The number of urea groups is 1. The Morgan fingerprint density at radius 1 is 1.00 bits per heavy atom. The van der Waals surface area contributed by atoms with Crippen LogP contribution in [-0.2, 0) is 4.74 Å². The van der Waals surface area contributed by atoms with E-state index in [2.05, 4.69) is 15.4 Å². The maximum absolute atomic E-state index is 12.0. The van der Waals surface area contributed by atoms with Crippen molar-refractivity contribution in [2.75, 3.05) is 24.4 Å². The van der Waals surface area contributed by atoms with Crippen molar-refractivity contribution in [3.8, 4) is 11.5 Å². The minimum Gasteiger partial charge on any atom is -0.495 e. The van der Waals surface area contributed by atoms with Crippen LogP contribution in [0.25, 0.3) is 0 Å². The molecule has 0 saturated heterocycles. The second-order valence-electron chi connectivity index (χ2n) is 4.59. The van der Waals surface area contributed by atoms with Crippen molar-refractivity contribution in [2.24, 2.45) is 0 Å². The molecule has 0 bridgehead atoms. The highest BCUT2D eigenvalue weighted by Crippen LogP contribution is 2.23. The molecule has 0 radical (unpaired) electrons. The number of rotatable bonds is 5. The fourth-order valence-electron chi connectivity index (χ4n) is 1.88. The summed E-state index contributed by atoms with van der Waals surface area (Å²) in [6.45, 7) is 1.93. The van der Waals surface area contributed by atoms with Gasteiger partial charge >= 0.3 is 12.2 Å². The number of hydrogen-bond acceptors (Lipinski definition) is 5. The molecule has 2 aromatic rings. The molecule has 24 heavy (non-hydrogen) atoms. The molecule has 0 aliphatic rings. The van der Waals surface area contributed by atoms with Crippen molar-refractivity contribution >= 4 is 23.6 Å². The highest BCUT2D eigenvalue weighted by Gasteiger charge is 2.08. The van der Waals surface area contributed by atoms with Crippen LogP contribution in [0, 0.1) is 0 Å². The lowest BCUT2D eigenvalue weighted by Crippen LogP contribution is -2.19. The van der Waals surface area contributed by atoms with Crippen LogP contribution in [0.15, 0.2) is 48.5 Å². The van der Waals surface area contributed by atoms with Gasteiger partial charge in [0.1, 0.15) is 11.5 Å². The largest absolute Gasteiger partial charge is 0.513 e.